The minimum Gasteiger partial charge on any atom is -0.337 e. The van der Waals surface area contributed by atoms with E-state index in [-0.39, 0.29) is 11.8 Å². The number of nitrogens with one attached hydrogen (secondary N) is 1. The Balaban J connectivity index is 1.49. The first-order valence-electron chi connectivity index (χ1n) is 10.3. The standard InChI is InChI=1S/C23H31N5O2/c1-16-7-6-8-21(17(16)2)24-22(29)15-27-11-13-28(14-12-27)23(30)10-9-20-18(3)25-26(5)19(20)4/h6-10H,11-15H2,1-5H3,(H,24,29)/b10-9+. The summed E-state index contributed by atoms with van der Waals surface area (Å²) >= 11 is 0. The van der Waals surface area contributed by atoms with Crippen molar-refractivity contribution in [2.24, 2.45) is 7.05 Å². The second-order valence-electron chi connectivity index (χ2n) is 7.94. The van der Waals surface area contributed by atoms with E-state index in [1.165, 1.54) is 0 Å². The van der Waals surface area contributed by atoms with E-state index < -0.39 is 0 Å². The predicted octanol–water partition coefficient (Wildman–Crippen LogP) is 2.45. The zero-order valence-electron chi connectivity index (χ0n) is 18.5. The van der Waals surface area contributed by atoms with E-state index in [0.29, 0.717) is 32.7 Å². The number of hydrogen-bond acceptors (Lipinski definition) is 4. The highest BCUT2D eigenvalue weighted by molar-refractivity contribution is 5.93. The van der Waals surface area contributed by atoms with Gasteiger partial charge in [-0.05, 0) is 51.0 Å². The van der Waals surface area contributed by atoms with Gasteiger partial charge in [-0.15, -0.1) is 0 Å². The zero-order chi connectivity index (χ0) is 21.8. The molecule has 2 amide bonds. The van der Waals surface area contributed by atoms with E-state index in [1.54, 1.807) is 6.08 Å². The summed E-state index contributed by atoms with van der Waals surface area (Å²) in [6.45, 7) is 10.9. The maximum Gasteiger partial charge on any atom is 0.246 e. The molecule has 1 aromatic carbocycles. The summed E-state index contributed by atoms with van der Waals surface area (Å²) in [4.78, 5) is 28.9. The lowest BCUT2D eigenvalue weighted by Gasteiger charge is -2.33. The second kappa shape index (κ2) is 9.26. The second-order valence-corrected chi connectivity index (χ2v) is 7.94. The van der Waals surface area contributed by atoms with Gasteiger partial charge in [0.1, 0.15) is 0 Å². The van der Waals surface area contributed by atoms with Gasteiger partial charge in [-0.3, -0.25) is 19.2 Å². The largest absolute Gasteiger partial charge is 0.337 e. The molecular weight excluding hydrogens is 378 g/mol. The number of aryl methyl sites for hydroxylation is 3. The van der Waals surface area contributed by atoms with Crippen molar-refractivity contribution in [2.45, 2.75) is 27.7 Å². The number of amides is 2. The maximum atomic E-state index is 12.6. The molecule has 1 aromatic heterocycles. The van der Waals surface area contributed by atoms with Crippen LogP contribution in [0.1, 0.15) is 28.1 Å². The lowest BCUT2D eigenvalue weighted by Crippen LogP contribution is -2.50. The van der Waals surface area contributed by atoms with Crippen LogP contribution in [0.4, 0.5) is 5.69 Å². The maximum absolute atomic E-state index is 12.6. The highest BCUT2D eigenvalue weighted by Crippen LogP contribution is 2.18. The van der Waals surface area contributed by atoms with Crippen molar-refractivity contribution in [2.75, 3.05) is 38.0 Å². The minimum absolute atomic E-state index is 0.00265. The number of rotatable bonds is 5. The quantitative estimate of drug-likeness (QED) is 0.770. The van der Waals surface area contributed by atoms with Crippen LogP contribution in [0.5, 0.6) is 0 Å². The van der Waals surface area contributed by atoms with Crippen molar-refractivity contribution in [3.8, 4) is 0 Å². The van der Waals surface area contributed by atoms with E-state index in [9.17, 15) is 9.59 Å². The van der Waals surface area contributed by atoms with Crippen molar-refractivity contribution in [1.29, 1.82) is 0 Å². The Morgan fingerprint density at radius 2 is 1.80 bits per heavy atom. The van der Waals surface area contributed by atoms with E-state index in [1.807, 2.05) is 68.6 Å². The van der Waals surface area contributed by atoms with Crippen LogP contribution in [0, 0.1) is 27.7 Å². The zero-order valence-corrected chi connectivity index (χ0v) is 18.5. The van der Waals surface area contributed by atoms with Crippen molar-refractivity contribution in [1.82, 2.24) is 19.6 Å². The molecule has 0 radical (unpaired) electrons. The third-order valence-corrected chi connectivity index (χ3v) is 5.89. The Hall–Kier alpha value is -2.93. The molecule has 0 atom stereocenters. The topological polar surface area (TPSA) is 70.5 Å². The van der Waals surface area contributed by atoms with Crippen molar-refractivity contribution in [3.63, 3.8) is 0 Å². The van der Waals surface area contributed by atoms with Crippen LogP contribution >= 0.6 is 0 Å². The van der Waals surface area contributed by atoms with Gasteiger partial charge >= 0.3 is 0 Å². The molecule has 1 aliphatic heterocycles. The normalized spacial score (nSPS) is 15.0. The Morgan fingerprint density at radius 1 is 1.10 bits per heavy atom. The van der Waals surface area contributed by atoms with Crippen LogP contribution in [0.3, 0.4) is 0 Å². The molecule has 0 aliphatic carbocycles. The molecule has 0 saturated carbocycles. The van der Waals surface area contributed by atoms with Crippen LogP contribution in [-0.2, 0) is 16.6 Å². The van der Waals surface area contributed by atoms with Gasteiger partial charge < -0.3 is 10.2 Å². The van der Waals surface area contributed by atoms with Crippen LogP contribution in [0.2, 0.25) is 0 Å². The smallest absolute Gasteiger partial charge is 0.246 e. The molecule has 2 heterocycles. The number of nitrogens with zero attached hydrogens (tertiary/aromatic N) is 4. The summed E-state index contributed by atoms with van der Waals surface area (Å²) in [5.41, 5.74) is 6.05. The van der Waals surface area contributed by atoms with Gasteiger partial charge in [0.15, 0.2) is 0 Å². The number of aromatic nitrogens is 2. The fourth-order valence-corrected chi connectivity index (χ4v) is 3.70. The highest BCUT2D eigenvalue weighted by Gasteiger charge is 2.21. The molecule has 1 aliphatic rings. The molecule has 1 fully saturated rings. The van der Waals surface area contributed by atoms with Crippen molar-refractivity contribution in [3.05, 3.63) is 52.4 Å². The third kappa shape index (κ3) is 4.97. The Morgan fingerprint density at radius 3 is 2.43 bits per heavy atom. The van der Waals surface area contributed by atoms with Gasteiger partial charge in [-0.2, -0.15) is 5.10 Å². The lowest BCUT2D eigenvalue weighted by atomic mass is 10.1. The van der Waals surface area contributed by atoms with E-state index in [4.69, 9.17) is 0 Å². The Labute approximate surface area is 178 Å². The molecule has 1 saturated heterocycles. The van der Waals surface area contributed by atoms with Gasteiger partial charge in [0, 0.05) is 56.2 Å². The van der Waals surface area contributed by atoms with E-state index in [0.717, 1.165) is 33.8 Å². The number of anilines is 1. The summed E-state index contributed by atoms with van der Waals surface area (Å²) in [5, 5.41) is 7.38. The Kier molecular flexibility index (Phi) is 6.72. The fourth-order valence-electron chi connectivity index (χ4n) is 3.70. The van der Waals surface area contributed by atoms with Gasteiger partial charge in [0.05, 0.1) is 12.2 Å². The molecule has 3 rings (SSSR count). The number of benzene rings is 1. The van der Waals surface area contributed by atoms with Gasteiger partial charge in [0.2, 0.25) is 11.8 Å². The fraction of sp³-hybridized carbons (Fsp3) is 0.435. The molecule has 0 unspecified atom stereocenters. The Bertz CT molecular complexity index is 968. The SMILES string of the molecule is Cc1cccc(NC(=O)CN2CCN(C(=O)/C=C/c3c(C)nn(C)c3C)CC2)c1C. The van der Waals surface area contributed by atoms with Gasteiger partial charge in [0.25, 0.3) is 0 Å². The first-order valence-corrected chi connectivity index (χ1v) is 10.3. The molecule has 2 aromatic rings. The molecule has 30 heavy (non-hydrogen) atoms. The van der Waals surface area contributed by atoms with Crippen LogP contribution in [0.25, 0.3) is 6.08 Å². The molecular formula is C23H31N5O2. The van der Waals surface area contributed by atoms with E-state index >= 15 is 0 Å². The summed E-state index contributed by atoms with van der Waals surface area (Å²) < 4.78 is 1.82. The number of piperazine rings is 1. The molecule has 1 N–H and O–H groups in total. The summed E-state index contributed by atoms with van der Waals surface area (Å²) in [7, 11) is 1.90. The molecule has 7 nitrogen and oxygen atoms in total. The van der Waals surface area contributed by atoms with Crippen LogP contribution in [-0.4, -0.2) is 64.1 Å². The number of carbonyl (C=O) groups is 2. The molecule has 0 spiro atoms. The van der Waals surface area contributed by atoms with Crippen LogP contribution in [0.15, 0.2) is 24.3 Å². The highest BCUT2D eigenvalue weighted by atomic mass is 16.2. The minimum atomic E-state index is -0.0223. The lowest BCUT2D eigenvalue weighted by molar-refractivity contribution is -0.127. The first kappa shape index (κ1) is 21.8. The number of hydrogen-bond donors (Lipinski definition) is 1. The number of carbonyl (C=O) groups excluding carboxylic acids is 2. The average molecular weight is 410 g/mol. The van der Waals surface area contributed by atoms with Gasteiger partial charge in [-0.1, -0.05) is 12.1 Å². The predicted molar refractivity (Wildman–Crippen MR) is 119 cm³/mol. The summed E-state index contributed by atoms with van der Waals surface area (Å²) in [5.74, 6) is -0.0250. The summed E-state index contributed by atoms with van der Waals surface area (Å²) in [6, 6.07) is 5.91. The molecule has 160 valence electrons. The third-order valence-electron chi connectivity index (χ3n) is 5.89. The monoisotopic (exact) mass is 409 g/mol. The van der Waals surface area contributed by atoms with Crippen LogP contribution < -0.4 is 5.32 Å². The molecule has 0 bridgehead atoms. The van der Waals surface area contributed by atoms with Gasteiger partial charge in [-0.25, -0.2) is 0 Å². The first-order chi connectivity index (χ1) is 14.3. The van der Waals surface area contributed by atoms with E-state index in [2.05, 4.69) is 15.3 Å². The molecule has 7 heteroatoms. The summed E-state index contributed by atoms with van der Waals surface area (Å²) in [6.07, 6.45) is 3.48. The van der Waals surface area contributed by atoms with Crippen molar-refractivity contribution < 1.29 is 9.59 Å². The average Bonchev–Trinajstić information content (AvgIpc) is 2.95. The van der Waals surface area contributed by atoms with Crippen molar-refractivity contribution >= 4 is 23.6 Å².